The summed E-state index contributed by atoms with van der Waals surface area (Å²) in [7, 11) is 0. The molecule has 0 aliphatic carbocycles. The first-order valence-corrected chi connectivity index (χ1v) is 6.10. The Morgan fingerprint density at radius 2 is 2.12 bits per heavy atom. The van der Waals surface area contributed by atoms with E-state index >= 15 is 0 Å². The van der Waals surface area contributed by atoms with Crippen molar-refractivity contribution in [1.29, 1.82) is 0 Å². The number of benzene rings is 1. The smallest absolute Gasteiger partial charge is 0.254 e. The molecule has 3 heteroatoms. The molecule has 0 bridgehead atoms. The van der Waals surface area contributed by atoms with E-state index in [1.165, 1.54) is 0 Å². The molecule has 1 aliphatic rings. The van der Waals surface area contributed by atoms with Crippen LogP contribution in [0.15, 0.2) is 18.2 Å². The third kappa shape index (κ3) is 2.02. The maximum atomic E-state index is 12.5. The highest BCUT2D eigenvalue weighted by molar-refractivity contribution is 5.97. The quantitative estimate of drug-likeness (QED) is 0.756. The van der Waals surface area contributed by atoms with Gasteiger partial charge in [0.1, 0.15) is 0 Å². The predicted octanol–water partition coefficient (Wildman–Crippen LogP) is 2.59. The van der Waals surface area contributed by atoms with Crippen LogP contribution in [0.4, 0.5) is 5.69 Å². The summed E-state index contributed by atoms with van der Waals surface area (Å²) in [4.78, 5) is 14.5. The van der Waals surface area contributed by atoms with Crippen LogP contribution in [0.25, 0.3) is 0 Å². The molecule has 2 N–H and O–H groups in total. The highest BCUT2D eigenvalue weighted by Crippen LogP contribution is 2.30. The van der Waals surface area contributed by atoms with Gasteiger partial charge in [0.15, 0.2) is 0 Å². The highest BCUT2D eigenvalue weighted by atomic mass is 16.2. The lowest BCUT2D eigenvalue weighted by Crippen LogP contribution is -2.42. The number of rotatable bonds is 1. The van der Waals surface area contributed by atoms with E-state index in [4.69, 9.17) is 5.73 Å². The van der Waals surface area contributed by atoms with Crippen LogP contribution in [-0.2, 0) is 0 Å². The molecule has 92 valence electrons. The molecule has 2 rings (SSSR count). The van der Waals surface area contributed by atoms with Crippen LogP contribution in [0, 0.1) is 6.92 Å². The molecule has 1 saturated heterocycles. The van der Waals surface area contributed by atoms with E-state index in [1.54, 1.807) is 0 Å². The van der Waals surface area contributed by atoms with E-state index in [0.29, 0.717) is 5.69 Å². The second-order valence-corrected chi connectivity index (χ2v) is 5.39. The maximum absolute atomic E-state index is 12.5. The molecule has 1 heterocycles. The molecule has 1 aliphatic heterocycles. The van der Waals surface area contributed by atoms with Crippen molar-refractivity contribution in [2.24, 2.45) is 0 Å². The van der Waals surface area contributed by atoms with Crippen LogP contribution in [0.2, 0.25) is 0 Å². The van der Waals surface area contributed by atoms with E-state index in [1.807, 2.05) is 30.0 Å². The Morgan fingerprint density at radius 3 is 2.71 bits per heavy atom. The fourth-order valence-electron chi connectivity index (χ4n) is 2.51. The van der Waals surface area contributed by atoms with Gasteiger partial charge in [-0.2, -0.15) is 0 Å². The normalized spacial score (nSPS) is 18.4. The summed E-state index contributed by atoms with van der Waals surface area (Å²) in [6.07, 6.45) is 2.15. The fourth-order valence-corrected chi connectivity index (χ4v) is 2.51. The van der Waals surface area contributed by atoms with Crippen LogP contribution in [0.1, 0.15) is 42.6 Å². The summed E-state index contributed by atoms with van der Waals surface area (Å²) >= 11 is 0. The summed E-state index contributed by atoms with van der Waals surface area (Å²) in [5.74, 6) is 0.109. The van der Waals surface area contributed by atoms with Gasteiger partial charge in [-0.1, -0.05) is 6.07 Å². The number of nitrogen functional groups attached to an aromatic ring is 1. The Hall–Kier alpha value is -1.51. The van der Waals surface area contributed by atoms with Crippen LogP contribution in [-0.4, -0.2) is 22.9 Å². The monoisotopic (exact) mass is 232 g/mol. The third-order valence-electron chi connectivity index (χ3n) is 3.75. The number of nitrogens with two attached hydrogens (primary N) is 1. The molecule has 1 aromatic carbocycles. The number of nitrogens with zero attached hydrogens (tertiary/aromatic N) is 1. The van der Waals surface area contributed by atoms with Crippen molar-refractivity contribution >= 4 is 11.6 Å². The van der Waals surface area contributed by atoms with E-state index < -0.39 is 0 Å². The van der Waals surface area contributed by atoms with E-state index in [9.17, 15) is 4.79 Å². The van der Waals surface area contributed by atoms with Crippen molar-refractivity contribution in [2.75, 3.05) is 12.3 Å². The molecule has 0 radical (unpaired) electrons. The Morgan fingerprint density at radius 1 is 1.41 bits per heavy atom. The van der Waals surface area contributed by atoms with Gasteiger partial charge in [-0.25, -0.2) is 0 Å². The van der Waals surface area contributed by atoms with Gasteiger partial charge >= 0.3 is 0 Å². The largest absolute Gasteiger partial charge is 0.398 e. The first kappa shape index (κ1) is 12.0. The van der Waals surface area contributed by atoms with Gasteiger partial charge in [0, 0.05) is 23.3 Å². The van der Waals surface area contributed by atoms with Crippen LogP contribution < -0.4 is 5.73 Å². The zero-order valence-electron chi connectivity index (χ0n) is 10.8. The van der Waals surface area contributed by atoms with Gasteiger partial charge in [0.2, 0.25) is 0 Å². The second-order valence-electron chi connectivity index (χ2n) is 5.39. The fraction of sp³-hybridized carbons (Fsp3) is 0.500. The molecule has 0 spiro atoms. The zero-order valence-corrected chi connectivity index (χ0v) is 10.8. The Balaban J connectivity index is 2.35. The summed E-state index contributed by atoms with van der Waals surface area (Å²) in [5.41, 5.74) is 8.13. The predicted molar refractivity (Wildman–Crippen MR) is 69.9 cm³/mol. The molecule has 1 fully saturated rings. The molecule has 1 amide bonds. The van der Waals surface area contributed by atoms with Crippen molar-refractivity contribution < 1.29 is 4.79 Å². The molecule has 0 atom stereocenters. The minimum atomic E-state index is -0.0336. The topological polar surface area (TPSA) is 46.3 Å². The van der Waals surface area contributed by atoms with Gasteiger partial charge < -0.3 is 10.6 Å². The molecule has 1 aromatic rings. The van der Waals surface area contributed by atoms with E-state index in [2.05, 4.69) is 13.8 Å². The van der Waals surface area contributed by atoms with Gasteiger partial charge in [0.25, 0.3) is 5.91 Å². The Bertz CT molecular complexity index is 452. The zero-order chi connectivity index (χ0) is 12.6. The van der Waals surface area contributed by atoms with Gasteiger partial charge in [0.05, 0.1) is 0 Å². The molecular weight excluding hydrogens is 212 g/mol. The lowest BCUT2D eigenvalue weighted by atomic mass is 10.00. The van der Waals surface area contributed by atoms with Gasteiger partial charge in [-0.3, -0.25) is 4.79 Å². The molecule has 0 saturated carbocycles. The average molecular weight is 232 g/mol. The average Bonchev–Trinajstić information content (AvgIpc) is 2.61. The summed E-state index contributed by atoms with van der Waals surface area (Å²) < 4.78 is 0. The number of amides is 1. The first-order chi connectivity index (χ1) is 7.93. The number of anilines is 1. The molecular formula is C14H20N2O. The minimum absolute atomic E-state index is 0.0336. The lowest BCUT2D eigenvalue weighted by molar-refractivity contribution is 0.0651. The van der Waals surface area contributed by atoms with Crippen molar-refractivity contribution in [1.82, 2.24) is 4.90 Å². The van der Waals surface area contributed by atoms with E-state index in [-0.39, 0.29) is 11.4 Å². The number of carbonyl (C=O) groups is 1. The Kier molecular flexibility index (Phi) is 2.86. The third-order valence-corrected chi connectivity index (χ3v) is 3.75. The molecule has 17 heavy (non-hydrogen) atoms. The minimum Gasteiger partial charge on any atom is -0.398 e. The first-order valence-electron chi connectivity index (χ1n) is 6.10. The SMILES string of the molecule is Cc1c(N)cccc1C(=O)N1CCCC1(C)C. The van der Waals surface area contributed by atoms with Crippen molar-refractivity contribution in [3.63, 3.8) is 0 Å². The number of likely N-dealkylation sites (tertiary alicyclic amines) is 1. The molecule has 0 aromatic heterocycles. The van der Waals surface area contributed by atoms with Crippen LogP contribution in [0.3, 0.4) is 0 Å². The lowest BCUT2D eigenvalue weighted by Gasteiger charge is -2.32. The summed E-state index contributed by atoms with van der Waals surface area (Å²) in [6.45, 7) is 7.00. The van der Waals surface area contributed by atoms with Crippen LogP contribution >= 0.6 is 0 Å². The molecule has 0 unspecified atom stereocenters. The van der Waals surface area contributed by atoms with Crippen molar-refractivity contribution in [3.8, 4) is 0 Å². The highest BCUT2D eigenvalue weighted by Gasteiger charge is 2.36. The molecule has 3 nitrogen and oxygen atoms in total. The summed E-state index contributed by atoms with van der Waals surface area (Å²) in [5, 5.41) is 0. The van der Waals surface area contributed by atoms with Gasteiger partial charge in [-0.05, 0) is 51.3 Å². The van der Waals surface area contributed by atoms with Crippen molar-refractivity contribution in [2.45, 2.75) is 39.2 Å². The standard InChI is InChI=1S/C14H20N2O/c1-10-11(6-4-7-12(10)15)13(17)16-9-5-8-14(16,2)3/h4,6-7H,5,8-9,15H2,1-3H3. The van der Waals surface area contributed by atoms with Gasteiger partial charge in [-0.15, -0.1) is 0 Å². The maximum Gasteiger partial charge on any atom is 0.254 e. The number of hydrogen-bond acceptors (Lipinski definition) is 2. The number of hydrogen-bond donors (Lipinski definition) is 1. The summed E-state index contributed by atoms with van der Waals surface area (Å²) in [6, 6.07) is 5.54. The van der Waals surface area contributed by atoms with E-state index in [0.717, 1.165) is 30.5 Å². The number of carbonyl (C=O) groups excluding carboxylic acids is 1. The van der Waals surface area contributed by atoms with Crippen LogP contribution in [0.5, 0.6) is 0 Å². The van der Waals surface area contributed by atoms with Crippen molar-refractivity contribution in [3.05, 3.63) is 29.3 Å². The second kappa shape index (κ2) is 4.06. The Labute approximate surface area is 103 Å².